The largest absolute Gasteiger partial charge is 0.344 e. The minimum absolute atomic E-state index is 0.117. The molecule has 0 unspecified atom stereocenters. The Hall–Kier alpha value is -2.21. The predicted molar refractivity (Wildman–Crippen MR) is 99.9 cm³/mol. The molecule has 2 atom stereocenters. The van der Waals surface area contributed by atoms with Crippen LogP contribution in [0.4, 0.5) is 10.1 Å². The molecule has 1 saturated heterocycles. The van der Waals surface area contributed by atoms with Crippen LogP contribution >= 0.6 is 11.3 Å². The van der Waals surface area contributed by atoms with Crippen LogP contribution in [-0.2, 0) is 22.4 Å². The van der Waals surface area contributed by atoms with Gasteiger partial charge in [-0.2, -0.15) is 0 Å². The zero-order valence-electron chi connectivity index (χ0n) is 14.6. The molecule has 1 aliphatic carbocycles. The summed E-state index contributed by atoms with van der Waals surface area (Å²) in [7, 11) is 1.73. The molecule has 0 spiro atoms. The number of nitrogens with one attached hydrogen (secondary N) is 1. The predicted octanol–water partition coefficient (Wildman–Crippen LogP) is 3.58. The van der Waals surface area contributed by atoms with Crippen molar-refractivity contribution in [3.8, 4) is 0 Å². The lowest BCUT2D eigenvalue weighted by molar-refractivity contribution is -0.135. The number of thiophene rings is 1. The maximum Gasteiger partial charge on any atom is 0.237 e. The zero-order chi connectivity index (χ0) is 18.3. The molecule has 1 aliphatic heterocycles. The molecule has 6 heteroatoms. The van der Waals surface area contributed by atoms with Crippen molar-refractivity contribution < 1.29 is 14.0 Å². The van der Waals surface area contributed by atoms with Crippen molar-refractivity contribution in [2.45, 2.75) is 31.6 Å². The first kappa shape index (κ1) is 17.2. The van der Waals surface area contributed by atoms with E-state index in [0.29, 0.717) is 6.54 Å². The Balaban J connectivity index is 1.64. The fraction of sp³-hybridized carbons (Fsp3) is 0.400. The van der Waals surface area contributed by atoms with Gasteiger partial charge in [-0.3, -0.25) is 9.59 Å². The molecule has 2 amide bonds. The Labute approximate surface area is 156 Å². The number of hydrogen-bond acceptors (Lipinski definition) is 3. The van der Waals surface area contributed by atoms with Gasteiger partial charge in [0.25, 0.3) is 0 Å². The summed E-state index contributed by atoms with van der Waals surface area (Å²) in [4.78, 5) is 28.5. The SMILES string of the molecule is CN1C[C@H](c2csc3c2CCCC3)[C@@H](C(=O)Nc2ccccc2F)C1=O. The number of likely N-dealkylation sites (N-methyl/N-ethyl adjacent to an activating group) is 1. The minimum Gasteiger partial charge on any atom is -0.344 e. The first-order valence-corrected chi connectivity index (χ1v) is 9.83. The van der Waals surface area contributed by atoms with Crippen LogP contribution in [0, 0.1) is 11.7 Å². The van der Waals surface area contributed by atoms with E-state index in [4.69, 9.17) is 0 Å². The highest BCUT2D eigenvalue weighted by molar-refractivity contribution is 7.10. The summed E-state index contributed by atoms with van der Waals surface area (Å²) in [6.45, 7) is 0.525. The van der Waals surface area contributed by atoms with Crippen LogP contribution in [0.2, 0.25) is 0 Å². The lowest BCUT2D eigenvalue weighted by Gasteiger charge is -2.20. The molecule has 136 valence electrons. The van der Waals surface area contributed by atoms with Gasteiger partial charge in [-0.15, -0.1) is 11.3 Å². The van der Waals surface area contributed by atoms with Crippen molar-refractivity contribution in [3.63, 3.8) is 0 Å². The van der Waals surface area contributed by atoms with Crippen LogP contribution < -0.4 is 5.32 Å². The summed E-state index contributed by atoms with van der Waals surface area (Å²) in [5.41, 5.74) is 2.58. The van der Waals surface area contributed by atoms with E-state index < -0.39 is 17.6 Å². The van der Waals surface area contributed by atoms with Crippen molar-refractivity contribution in [3.05, 3.63) is 51.5 Å². The van der Waals surface area contributed by atoms with Gasteiger partial charge in [0.1, 0.15) is 11.7 Å². The molecular weight excluding hydrogens is 351 g/mol. The Morgan fingerprint density at radius 3 is 2.85 bits per heavy atom. The summed E-state index contributed by atoms with van der Waals surface area (Å²) in [6, 6.07) is 6.04. The fourth-order valence-electron chi connectivity index (χ4n) is 4.08. The Morgan fingerprint density at radius 1 is 1.27 bits per heavy atom. The van der Waals surface area contributed by atoms with Gasteiger partial charge in [0, 0.05) is 24.4 Å². The normalized spacial score (nSPS) is 22.4. The summed E-state index contributed by atoms with van der Waals surface area (Å²) in [6.07, 6.45) is 4.46. The number of halogens is 1. The molecule has 0 bridgehead atoms. The number of fused-ring (bicyclic) bond motifs is 1. The van der Waals surface area contributed by atoms with Gasteiger partial charge in [0.15, 0.2) is 0 Å². The van der Waals surface area contributed by atoms with Gasteiger partial charge < -0.3 is 10.2 Å². The molecule has 2 aromatic rings. The first-order valence-electron chi connectivity index (χ1n) is 8.95. The summed E-state index contributed by atoms with van der Waals surface area (Å²) in [5.74, 6) is -2.09. The average molecular weight is 372 g/mol. The number of nitrogens with zero attached hydrogens (tertiary/aromatic N) is 1. The van der Waals surface area contributed by atoms with Crippen molar-refractivity contribution >= 4 is 28.8 Å². The van der Waals surface area contributed by atoms with E-state index >= 15 is 0 Å². The molecule has 1 N–H and O–H groups in total. The number of carbonyl (C=O) groups excluding carboxylic acids is 2. The highest BCUT2D eigenvalue weighted by Gasteiger charge is 2.45. The van der Waals surface area contributed by atoms with Crippen molar-refractivity contribution in [2.75, 3.05) is 18.9 Å². The second kappa shape index (κ2) is 6.83. The maximum atomic E-state index is 13.9. The van der Waals surface area contributed by atoms with Gasteiger partial charge >= 0.3 is 0 Å². The number of para-hydroxylation sites is 1. The van der Waals surface area contributed by atoms with Gasteiger partial charge in [0.2, 0.25) is 11.8 Å². The van der Waals surface area contributed by atoms with E-state index in [0.717, 1.165) is 24.8 Å². The number of benzene rings is 1. The summed E-state index contributed by atoms with van der Waals surface area (Å²) >= 11 is 1.74. The van der Waals surface area contributed by atoms with Gasteiger partial charge in [0.05, 0.1) is 5.69 Å². The van der Waals surface area contributed by atoms with Crippen molar-refractivity contribution in [1.29, 1.82) is 0 Å². The van der Waals surface area contributed by atoms with E-state index in [1.54, 1.807) is 35.4 Å². The van der Waals surface area contributed by atoms with E-state index in [1.807, 2.05) is 0 Å². The topological polar surface area (TPSA) is 49.4 Å². The number of rotatable bonds is 3. The average Bonchev–Trinajstić information content (AvgIpc) is 3.18. The third-order valence-corrected chi connectivity index (χ3v) is 6.53. The van der Waals surface area contributed by atoms with E-state index in [2.05, 4.69) is 10.7 Å². The van der Waals surface area contributed by atoms with Crippen LogP contribution in [0.25, 0.3) is 0 Å². The minimum atomic E-state index is -0.805. The second-order valence-corrected chi connectivity index (χ2v) is 8.04. The van der Waals surface area contributed by atoms with Crippen LogP contribution in [-0.4, -0.2) is 30.3 Å². The van der Waals surface area contributed by atoms with Crippen molar-refractivity contribution in [2.24, 2.45) is 5.92 Å². The van der Waals surface area contributed by atoms with Gasteiger partial charge in [-0.25, -0.2) is 4.39 Å². The number of hydrogen-bond donors (Lipinski definition) is 1. The third kappa shape index (κ3) is 2.92. The van der Waals surface area contributed by atoms with Crippen molar-refractivity contribution in [1.82, 2.24) is 4.90 Å². The fourth-order valence-corrected chi connectivity index (χ4v) is 5.29. The Bertz CT molecular complexity index is 863. The molecular formula is C20H21FN2O2S. The van der Waals surface area contributed by atoms with Crippen LogP contribution in [0.1, 0.15) is 34.8 Å². The molecule has 1 aromatic heterocycles. The molecule has 2 aliphatic rings. The monoisotopic (exact) mass is 372 g/mol. The quantitative estimate of drug-likeness (QED) is 0.838. The zero-order valence-corrected chi connectivity index (χ0v) is 15.4. The molecule has 4 rings (SSSR count). The van der Waals surface area contributed by atoms with E-state index in [9.17, 15) is 14.0 Å². The van der Waals surface area contributed by atoms with Gasteiger partial charge in [-0.05, 0) is 54.3 Å². The standard InChI is InChI=1S/C20H21FN2O2S/c1-23-10-13(14-11-26-17-9-5-2-6-12(14)17)18(20(23)25)19(24)22-16-8-4-3-7-15(16)21/h3-4,7-8,11,13,18H,2,5-6,9-10H2,1H3,(H,22,24)/t13-,18+/m1/s1. The maximum absolute atomic E-state index is 13.9. The van der Waals surface area contributed by atoms with E-state index in [-0.39, 0.29) is 17.5 Å². The number of anilines is 1. The molecule has 0 radical (unpaired) electrons. The Morgan fingerprint density at radius 2 is 2.04 bits per heavy atom. The summed E-state index contributed by atoms with van der Waals surface area (Å²) in [5, 5.41) is 4.74. The number of aryl methyl sites for hydroxylation is 1. The highest BCUT2D eigenvalue weighted by Crippen LogP contribution is 2.41. The third-order valence-electron chi connectivity index (χ3n) is 5.42. The van der Waals surface area contributed by atoms with E-state index in [1.165, 1.54) is 29.0 Å². The van der Waals surface area contributed by atoms with Crippen LogP contribution in [0.5, 0.6) is 0 Å². The Kier molecular flexibility index (Phi) is 4.53. The summed E-state index contributed by atoms with van der Waals surface area (Å²) < 4.78 is 13.9. The lowest BCUT2D eigenvalue weighted by Crippen LogP contribution is -2.33. The lowest BCUT2D eigenvalue weighted by atomic mass is 9.84. The molecule has 1 fully saturated rings. The van der Waals surface area contributed by atoms with Crippen LogP contribution in [0.15, 0.2) is 29.6 Å². The molecule has 1 aromatic carbocycles. The number of carbonyl (C=O) groups is 2. The van der Waals surface area contributed by atoms with Gasteiger partial charge in [-0.1, -0.05) is 12.1 Å². The molecule has 26 heavy (non-hydrogen) atoms. The highest BCUT2D eigenvalue weighted by atomic mass is 32.1. The molecule has 4 nitrogen and oxygen atoms in total. The van der Waals surface area contributed by atoms with Crippen LogP contribution in [0.3, 0.4) is 0 Å². The smallest absolute Gasteiger partial charge is 0.237 e. The first-order chi connectivity index (χ1) is 12.6. The molecule has 2 heterocycles. The second-order valence-electron chi connectivity index (χ2n) is 7.07. The number of likely N-dealkylation sites (tertiary alicyclic amines) is 1. The molecule has 0 saturated carbocycles. The number of amides is 2.